The van der Waals surface area contributed by atoms with Gasteiger partial charge in [-0.1, -0.05) is 12.1 Å². The predicted molar refractivity (Wildman–Crippen MR) is 78.0 cm³/mol. The molecule has 0 aliphatic carbocycles. The maximum Gasteiger partial charge on any atom is 0.319 e. The van der Waals surface area contributed by atoms with Gasteiger partial charge in [-0.15, -0.1) is 0 Å². The summed E-state index contributed by atoms with van der Waals surface area (Å²) in [5.74, 6) is 0. The molecule has 0 bridgehead atoms. The quantitative estimate of drug-likeness (QED) is 0.748. The van der Waals surface area contributed by atoms with E-state index in [2.05, 4.69) is 32.0 Å². The summed E-state index contributed by atoms with van der Waals surface area (Å²) in [5, 5.41) is 5.59. The van der Waals surface area contributed by atoms with Crippen LogP contribution >= 0.6 is 15.9 Å². The zero-order valence-corrected chi connectivity index (χ0v) is 12.4. The van der Waals surface area contributed by atoms with Crippen LogP contribution in [0.5, 0.6) is 0 Å². The number of hydrogen-bond donors (Lipinski definition) is 3. The number of carbonyl (C=O) groups excluding carboxylic acids is 1. The smallest absolute Gasteiger partial charge is 0.319 e. The summed E-state index contributed by atoms with van der Waals surface area (Å²) in [7, 11) is 0. The molecule has 1 aromatic carbocycles. The molecule has 102 valence electrons. The Bertz CT molecular complexity index is 517. The van der Waals surface area contributed by atoms with E-state index in [0.717, 1.165) is 21.4 Å². The third-order valence-corrected chi connectivity index (χ3v) is 3.17. The highest BCUT2D eigenvalue weighted by Gasteiger charge is 2.15. The van der Waals surface area contributed by atoms with E-state index in [4.69, 9.17) is 4.84 Å². The van der Waals surface area contributed by atoms with Gasteiger partial charge in [-0.3, -0.25) is 10.3 Å². The number of rotatable bonds is 3. The standard InChI is InChI=1S/C13H16BrN3O2/c1-8-3-4-9(2)11(5-8)16-13(18)15-7-10-6-12(14)17-19-10/h3-6,10,17H,7H2,1-2H3,(H2,15,16,18). The normalized spacial score (nSPS) is 17.6. The minimum Gasteiger partial charge on any atom is -0.335 e. The minimum absolute atomic E-state index is 0.168. The Kier molecular flexibility index (Phi) is 4.44. The molecule has 0 fully saturated rings. The van der Waals surface area contributed by atoms with Gasteiger partial charge in [0.25, 0.3) is 0 Å². The highest BCUT2D eigenvalue weighted by atomic mass is 79.9. The van der Waals surface area contributed by atoms with Crippen LogP contribution in [0.1, 0.15) is 11.1 Å². The third-order valence-electron chi connectivity index (χ3n) is 2.75. The highest BCUT2D eigenvalue weighted by Crippen LogP contribution is 2.16. The Labute approximate surface area is 120 Å². The SMILES string of the molecule is Cc1ccc(C)c(NC(=O)NCC2C=C(Br)NO2)c1. The summed E-state index contributed by atoms with van der Waals surface area (Å²) in [6.07, 6.45) is 1.68. The lowest BCUT2D eigenvalue weighted by Crippen LogP contribution is -2.35. The van der Waals surface area contributed by atoms with E-state index in [1.165, 1.54) is 0 Å². The monoisotopic (exact) mass is 325 g/mol. The van der Waals surface area contributed by atoms with Crippen molar-refractivity contribution in [3.8, 4) is 0 Å². The molecule has 0 saturated heterocycles. The molecule has 1 aromatic rings. The van der Waals surface area contributed by atoms with Gasteiger partial charge in [0.1, 0.15) is 10.7 Å². The molecule has 1 aliphatic rings. The molecule has 0 spiro atoms. The van der Waals surface area contributed by atoms with Gasteiger partial charge in [0, 0.05) is 5.69 Å². The van der Waals surface area contributed by atoms with E-state index in [9.17, 15) is 4.79 Å². The van der Waals surface area contributed by atoms with Gasteiger partial charge in [0.2, 0.25) is 0 Å². The number of halogens is 1. The average Bonchev–Trinajstić information content (AvgIpc) is 2.77. The molecule has 1 atom stereocenters. The number of nitrogens with one attached hydrogen (secondary N) is 3. The molecule has 2 rings (SSSR count). The largest absolute Gasteiger partial charge is 0.335 e. The van der Waals surface area contributed by atoms with E-state index in [1.807, 2.05) is 38.1 Å². The van der Waals surface area contributed by atoms with Crippen LogP contribution in [-0.4, -0.2) is 18.7 Å². The van der Waals surface area contributed by atoms with Crippen molar-refractivity contribution in [1.29, 1.82) is 0 Å². The average molecular weight is 326 g/mol. The molecule has 0 radical (unpaired) electrons. The Hall–Kier alpha value is -1.53. The lowest BCUT2D eigenvalue weighted by molar-refractivity contribution is 0.0481. The summed E-state index contributed by atoms with van der Waals surface area (Å²) >= 11 is 3.25. The lowest BCUT2D eigenvalue weighted by atomic mass is 10.1. The molecule has 19 heavy (non-hydrogen) atoms. The summed E-state index contributed by atoms with van der Waals surface area (Å²) < 4.78 is 0.772. The first-order valence-corrected chi connectivity index (χ1v) is 6.75. The van der Waals surface area contributed by atoms with Crippen molar-refractivity contribution in [2.75, 3.05) is 11.9 Å². The summed E-state index contributed by atoms with van der Waals surface area (Å²) in [6.45, 7) is 4.35. The van der Waals surface area contributed by atoms with Gasteiger partial charge in [-0.2, -0.15) is 0 Å². The van der Waals surface area contributed by atoms with Crippen molar-refractivity contribution in [3.63, 3.8) is 0 Å². The molecular formula is C13H16BrN3O2. The van der Waals surface area contributed by atoms with Crippen molar-refractivity contribution >= 4 is 27.6 Å². The van der Waals surface area contributed by atoms with Crippen molar-refractivity contribution in [2.24, 2.45) is 0 Å². The fourth-order valence-electron chi connectivity index (χ4n) is 1.69. The second-order valence-electron chi connectivity index (χ2n) is 4.43. The van der Waals surface area contributed by atoms with Crippen LogP contribution in [0.3, 0.4) is 0 Å². The van der Waals surface area contributed by atoms with Gasteiger partial charge in [-0.05, 0) is 53.0 Å². The van der Waals surface area contributed by atoms with Crippen molar-refractivity contribution in [3.05, 3.63) is 40.0 Å². The van der Waals surface area contributed by atoms with Gasteiger partial charge in [-0.25, -0.2) is 4.79 Å². The Morgan fingerprint density at radius 3 is 2.95 bits per heavy atom. The maximum atomic E-state index is 11.8. The zero-order chi connectivity index (χ0) is 13.8. The van der Waals surface area contributed by atoms with Gasteiger partial charge >= 0.3 is 6.03 Å². The molecule has 2 amide bonds. The molecular weight excluding hydrogens is 310 g/mol. The van der Waals surface area contributed by atoms with Crippen LogP contribution in [0, 0.1) is 13.8 Å². The van der Waals surface area contributed by atoms with Gasteiger partial charge < -0.3 is 10.6 Å². The Morgan fingerprint density at radius 2 is 2.26 bits per heavy atom. The number of carbonyl (C=O) groups is 1. The number of aryl methyl sites for hydroxylation is 2. The number of amides is 2. The maximum absolute atomic E-state index is 11.8. The van der Waals surface area contributed by atoms with Gasteiger partial charge in [0.15, 0.2) is 0 Å². The van der Waals surface area contributed by atoms with Crippen molar-refractivity contribution in [1.82, 2.24) is 10.8 Å². The predicted octanol–water partition coefficient (Wildman–Crippen LogP) is 2.56. The van der Waals surface area contributed by atoms with Crippen LogP contribution in [0.25, 0.3) is 0 Å². The van der Waals surface area contributed by atoms with Crippen molar-refractivity contribution in [2.45, 2.75) is 20.0 Å². The minimum atomic E-state index is -0.242. The number of benzene rings is 1. The fraction of sp³-hybridized carbons (Fsp3) is 0.308. The first-order valence-electron chi connectivity index (χ1n) is 5.95. The molecule has 5 nitrogen and oxygen atoms in total. The number of anilines is 1. The highest BCUT2D eigenvalue weighted by molar-refractivity contribution is 9.11. The Balaban J connectivity index is 1.86. The van der Waals surface area contributed by atoms with Crippen LogP contribution in [0.15, 0.2) is 28.9 Å². The molecule has 1 unspecified atom stereocenters. The number of urea groups is 1. The van der Waals surface area contributed by atoms with Crippen LogP contribution in [0.4, 0.5) is 10.5 Å². The molecule has 0 saturated carbocycles. The van der Waals surface area contributed by atoms with Crippen LogP contribution in [-0.2, 0) is 4.84 Å². The third kappa shape index (κ3) is 3.97. The van der Waals surface area contributed by atoms with E-state index in [0.29, 0.717) is 6.54 Å². The van der Waals surface area contributed by atoms with E-state index in [-0.39, 0.29) is 12.1 Å². The summed E-state index contributed by atoms with van der Waals surface area (Å²) in [4.78, 5) is 17.0. The van der Waals surface area contributed by atoms with E-state index < -0.39 is 0 Å². The number of hydroxylamine groups is 1. The van der Waals surface area contributed by atoms with Crippen LogP contribution < -0.4 is 16.1 Å². The van der Waals surface area contributed by atoms with E-state index in [1.54, 1.807) is 0 Å². The Morgan fingerprint density at radius 1 is 1.47 bits per heavy atom. The molecule has 3 N–H and O–H groups in total. The second-order valence-corrected chi connectivity index (χ2v) is 5.28. The number of hydrogen-bond acceptors (Lipinski definition) is 3. The van der Waals surface area contributed by atoms with Crippen LogP contribution in [0.2, 0.25) is 0 Å². The summed E-state index contributed by atoms with van der Waals surface area (Å²) in [5.41, 5.74) is 5.62. The first-order chi connectivity index (χ1) is 9.04. The van der Waals surface area contributed by atoms with E-state index >= 15 is 0 Å². The van der Waals surface area contributed by atoms with Crippen molar-refractivity contribution < 1.29 is 9.63 Å². The first kappa shape index (κ1) is 13.9. The topological polar surface area (TPSA) is 62.4 Å². The molecule has 0 aromatic heterocycles. The molecule has 1 heterocycles. The fourth-order valence-corrected chi connectivity index (χ4v) is 2.08. The second kappa shape index (κ2) is 6.08. The lowest BCUT2D eigenvalue weighted by Gasteiger charge is -2.12. The molecule has 6 heteroatoms. The summed E-state index contributed by atoms with van der Waals surface area (Å²) in [6, 6.07) is 5.70. The van der Waals surface area contributed by atoms with Gasteiger partial charge in [0.05, 0.1) is 6.54 Å². The zero-order valence-electron chi connectivity index (χ0n) is 10.8. The molecule has 1 aliphatic heterocycles.